The zero-order valence-corrected chi connectivity index (χ0v) is 12.0. The minimum atomic E-state index is -0.669. The van der Waals surface area contributed by atoms with Crippen LogP contribution < -0.4 is 11.2 Å². The van der Waals surface area contributed by atoms with Crippen molar-refractivity contribution in [1.82, 2.24) is 5.48 Å². The molecule has 0 aliphatic heterocycles. The number of rotatable bonds is 4. The van der Waals surface area contributed by atoms with E-state index in [2.05, 4.69) is 5.48 Å². The van der Waals surface area contributed by atoms with Crippen LogP contribution in [0.1, 0.15) is 32.4 Å². The van der Waals surface area contributed by atoms with Crippen molar-refractivity contribution >= 4 is 17.7 Å². The van der Waals surface area contributed by atoms with E-state index >= 15 is 0 Å². The fraction of sp³-hybridized carbons (Fsp3) is 0.462. The van der Waals surface area contributed by atoms with Crippen LogP contribution in [0.3, 0.4) is 0 Å². The Bertz CT molecular complexity index is 432. The second-order valence-corrected chi connectivity index (χ2v) is 5.37. The van der Waals surface area contributed by atoms with E-state index < -0.39 is 17.8 Å². The number of hydrogen-bond acceptors (Lipinski definition) is 4. The van der Waals surface area contributed by atoms with Gasteiger partial charge in [0.15, 0.2) is 0 Å². The van der Waals surface area contributed by atoms with Crippen molar-refractivity contribution in [1.29, 1.82) is 0 Å². The topological polar surface area (TPSA) is 73.6 Å². The van der Waals surface area contributed by atoms with Gasteiger partial charge >= 0.3 is 6.09 Å². The van der Waals surface area contributed by atoms with E-state index in [9.17, 15) is 4.79 Å². The van der Waals surface area contributed by atoms with Crippen molar-refractivity contribution in [3.8, 4) is 0 Å². The van der Waals surface area contributed by atoms with Crippen molar-refractivity contribution < 1.29 is 14.4 Å². The van der Waals surface area contributed by atoms with Crippen LogP contribution in [0, 0.1) is 0 Å². The monoisotopic (exact) mass is 286 g/mol. The SMILES string of the molecule is CC(C)(C)OC(=O)NOC(CN)c1ccccc1Cl. The standard InChI is InChI=1S/C13H19ClN2O3/c1-13(2,3)18-12(17)16-19-11(8-15)9-6-4-5-7-10(9)14/h4-7,11H,8,15H2,1-3H3,(H,16,17). The van der Waals surface area contributed by atoms with Gasteiger partial charge in [-0.2, -0.15) is 5.48 Å². The highest BCUT2D eigenvalue weighted by Crippen LogP contribution is 2.23. The average molecular weight is 287 g/mol. The number of amides is 1. The molecule has 5 nitrogen and oxygen atoms in total. The normalized spacial score (nSPS) is 12.9. The second-order valence-electron chi connectivity index (χ2n) is 4.97. The lowest BCUT2D eigenvalue weighted by Crippen LogP contribution is -2.34. The molecule has 1 aromatic carbocycles. The molecule has 0 aromatic heterocycles. The van der Waals surface area contributed by atoms with Crippen molar-refractivity contribution in [2.45, 2.75) is 32.5 Å². The van der Waals surface area contributed by atoms with Gasteiger partial charge in [0.1, 0.15) is 11.7 Å². The lowest BCUT2D eigenvalue weighted by atomic mass is 10.1. The Balaban J connectivity index is 2.59. The first kappa shape index (κ1) is 15.8. The van der Waals surface area contributed by atoms with Gasteiger partial charge in [-0.15, -0.1) is 0 Å². The van der Waals surface area contributed by atoms with Gasteiger partial charge in [0.25, 0.3) is 0 Å². The summed E-state index contributed by atoms with van der Waals surface area (Å²) in [7, 11) is 0. The number of carbonyl (C=O) groups is 1. The van der Waals surface area contributed by atoms with Crippen LogP contribution in [0.5, 0.6) is 0 Å². The first-order chi connectivity index (χ1) is 8.83. The Labute approximate surface area is 118 Å². The molecule has 0 radical (unpaired) electrons. The van der Waals surface area contributed by atoms with Gasteiger partial charge in [0.2, 0.25) is 0 Å². The fourth-order valence-electron chi connectivity index (χ4n) is 1.39. The molecule has 1 unspecified atom stereocenters. The summed E-state index contributed by atoms with van der Waals surface area (Å²) in [6.07, 6.45) is -1.20. The fourth-order valence-corrected chi connectivity index (χ4v) is 1.65. The first-order valence-corrected chi connectivity index (χ1v) is 6.30. The Kier molecular flexibility index (Phi) is 5.60. The van der Waals surface area contributed by atoms with Gasteiger partial charge in [0.05, 0.1) is 0 Å². The third-order valence-electron chi connectivity index (χ3n) is 2.15. The van der Waals surface area contributed by atoms with E-state index in [4.69, 9.17) is 26.9 Å². The van der Waals surface area contributed by atoms with Gasteiger partial charge in [0, 0.05) is 17.1 Å². The van der Waals surface area contributed by atoms with E-state index in [1.54, 1.807) is 39.0 Å². The zero-order chi connectivity index (χ0) is 14.5. The molecule has 3 N–H and O–H groups in total. The number of ether oxygens (including phenoxy) is 1. The molecule has 0 saturated heterocycles. The Morgan fingerprint density at radius 2 is 2.05 bits per heavy atom. The van der Waals surface area contributed by atoms with E-state index in [0.717, 1.165) is 0 Å². The highest BCUT2D eigenvalue weighted by Gasteiger charge is 2.19. The van der Waals surface area contributed by atoms with Crippen molar-refractivity contribution in [3.63, 3.8) is 0 Å². The summed E-state index contributed by atoms with van der Waals surface area (Å²) >= 11 is 6.04. The summed E-state index contributed by atoms with van der Waals surface area (Å²) in [6, 6.07) is 7.15. The molecular formula is C13H19ClN2O3. The van der Waals surface area contributed by atoms with Gasteiger partial charge < -0.3 is 10.5 Å². The summed E-state index contributed by atoms with van der Waals surface area (Å²) < 4.78 is 5.05. The summed E-state index contributed by atoms with van der Waals surface area (Å²) in [5, 5.41) is 0.531. The van der Waals surface area contributed by atoms with Gasteiger partial charge in [-0.05, 0) is 26.8 Å². The minimum Gasteiger partial charge on any atom is -0.442 e. The number of carbonyl (C=O) groups excluding carboxylic acids is 1. The highest BCUT2D eigenvalue weighted by atomic mass is 35.5. The van der Waals surface area contributed by atoms with Crippen LogP contribution in [0.15, 0.2) is 24.3 Å². The number of benzene rings is 1. The van der Waals surface area contributed by atoms with E-state index in [-0.39, 0.29) is 6.54 Å². The summed E-state index contributed by atoms with van der Waals surface area (Å²) in [6.45, 7) is 5.47. The third-order valence-corrected chi connectivity index (χ3v) is 2.49. The average Bonchev–Trinajstić information content (AvgIpc) is 2.29. The Morgan fingerprint density at radius 3 is 2.58 bits per heavy atom. The summed E-state index contributed by atoms with van der Waals surface area (Å²) in [4.78, 5) is 16.7. The summed E-state index contributed by atoms with van der Waals surface area (Å²) in [5.74, 6) is 0. The van der Waals surface area contributed by atoms with Gasteiger partial charge in [-0.25, -0.2) is 4.79 Å². The van der Waals surface area contributed by atoms with Crippen LogP contribution in [-0.4, -0.2) is 18.2 Å². The predicted octanol–water partition coefficient (Wildman–Crippen LogP) is 2.80. The maximum Gasteiger partial charge on any atom is 0.431 e. The van der Waals surface area contributed by atoms with E-state index in [1.807, 2.05) is 6.07 Å². The van der Waals surface area contributed by atoms with E-state index in [0.29, 0.717) is 10.6 Å². The quantitative estimate of drug-likeness (QED) is 0.835. The molecular weight excluding hydrogens is 268 g/mol. The molecule has 0 bridgehead atoms. The maximum atomic E-state index is 11.5. The van der Waals surface area contributed by atoms with Crippen LogP contribution >= 0.6 is 11.6 Å². The number of hydrogen-bond donors (Lipinski definition) is 2. The van der Waals surface area contributed by atoms with Gasteiger partial charge in [-0.1, -0.05) is 29.8 Å². The number of nitrogens with two attached hydrogens (primary N) is 1. The smallest absolute Gasteiger partial charge is 0.431 e. The van der Waals surface area contributed by atoms with Gasteiger partial charge in [-0.3, -0.25) is 4.84 Å². The lowest BCUT2D eigenvalue weighted by Gasteiger charge is -2.21. The molecule has 0 fully saturated rings. The molecule has 1 amide bonds. The third kappa shape index (κ3) is 5.46. The second kappa shape index (κ2) is 6.75. The van der Waals surface area contributed by atoms with Crippen LogP contribution in [0.2, 0.25) is 5.02 Å². The highest BCUT2D eigenvalue weighted by molar-refractivity contribution is 6.31. The molecule has 106 valence electrons. The van der Waals surface area contributed by atoms with E-state index in [1.165, 1.54) is 0 Å². The van der Waals surface area contributed by atoms with Crippen LogP contribution in [0.4, 0.5) is 4.79 Å². The maximum absolute atomic E-state index is 11.5. The summed E-state index contributed by atoms with van der Waals surface area (Å²) in [5.41, 5.74) is 7.95. The number of halogens is 1. The Hall–Kier alpha value is -1.30. The van der Waals surface area contributed by atoms with Crippen molar-refractivity contribution in [2.75, 3.05) is 6.54 Å². The molecule has 19 heavy (non-hydrogen) atoms. The van der Waals surface area contributed by atoms with Crippen LogP contribution in [-0.2, 0) is 9.57 Å². The molecule has 0 aliphatic rings. The van der Waals surface area contributed by atoms with Crippen molar-refractivity contribution in [2.24, 2.45) is 5.73 Å². The number of hydroxylamine groups is 1. The molecule has 0 heterocycles. The molecule has 0 spiro atoms. The predicted molar refractivity (Wildman–Crippen MR) is 73.7 cm³/mol. The Morgan fingerprint density at radius 1 is 1.42 bits per heavy atom. The van der Waals surface area contributed by atoms with Crippen molar-refractivity contribution in [3.05, 3.63) is 34.9 Å². The first-order valence-electron chi connectivity index (χ1n) is 5.92. The largest absolute Gasteiger partial charge is 0.442 e. The lowest BCUT2D eigenvalue weighted by molar-refractivity contribution is -0.0403. The zero-order valence-electron chi connectivity index (χ0n) is 11.3. The molecule has 0 saturated carbocycles. The number of nitrogens with one attached hydrogen (secondary N) is 1. The molecule has 1 rings (SSSR count). The molecule has 1 aromatic rings. The molecule has 1 atom stereocenters. The minimum absolute atomic E-state index is 0.180. The molecule has 0 aliphatic carbocycles. The molecule has 6 heteroatoms. The van der Waals surface area contributed by atoms with Crippen LogP contribution in [0.25, 0.3) is 0 Å².